The number of hydrogen-bond acceptors (Lipinski definition) is 2. The molecule has 0 radical (unpaired) electrons. The Labute approximate surface area is 163 Å². The molecule has 0 saturated heterocycles. The summed E-state index contributed by atoms with van der Waals surface area (Å²) in [6.07, 6.45) is 2.55. The Morgan fingerprint density at radius 2 is 1.70 bits per heavy atom. The Bertz CT molecular complexity index is 1030. The Balaban J connectivity index is 0.00000210. The highest BCUT2D eigenvalue weighted by molar-refractivity contribution is 5.89. The number of fused-ring (bicyclic) bond motifs is 1. The number of rotatable bonds is 5. The molecule has 27 heavy (non-hydrogen) atoms. The Morgan fingerprint density at radius 1 is 0.963 bits per heavy atom. The topological polar surface area (TPSA) is 37.9 Å². The van der Waals surface area contributed by atoms with E-state index in [1.807, 2.05) is 24.3 Å². The molecule has 0 spiro atoms. The van der Waals surface area contributed by atoms with E-state index in [1.54, 1.807) is 18.3 Å². The molecule has 0 bridgehead atoms. The van der Waals surface area contributed by atoms with Crippen LogP contribution in [0.3, 0.4) is 0 Å². The third kappa shape index (κ3) is 4.12. The van der Waals surface area contributed by atoms with Crippen molar-refractivity contribution in [1.29, 1.82) is 0 Å². The zero-order valence-corrected chi connectivity index (χ0v) is 15.7. The second kappa shape index (κ2) is 8.23. The van der Waals surface area contributed by atoms with E-state index in [9.17, 15) is 4.39 Å². The highest BCUT2D eigenvalue weighted by atomic mass is 35.5. The molecule has 4 rings (SSSR count). The Kier molecular flexibility index (Phi) is 5.77. The third-order valence-electron chi connectivity index (χ3n) is 4.51. The average Bonchev–Trinajstić information content (AvgIpc) is 2.98. The van der Waals surface area contributed by atoms with E-state index >= 15 is 0 Å². The minimum atomic E-state index is -0.250. The van der Waals surface area contributed by atoms with Crippen LogP contribution in [0.2, 0.25) is 0 Å². The Morgan fingerprint density at radius 3 is 2.44 bits per heavy atom. The summed E-state index contributed by atoms with van der Waals surface area (Å²) in [4.78, 5) is 7.86. The molecule has 3 nitrogen and oxygen atoms in total. The molecule has 5 heteroatoms. The molecular formula is C22H20ClFN2O. The van der Waals surface area contributed by atoms with Crippen molar-refractivity contribution in [3.8, 4) is 5.88 Å². The van der Waals surface area contributed by atoms with Gasteiger partial charge in [-0.2, -0.15) is 0 Å². The van der Waals surface area contributed by atoms with Gasteiger partial charge < -0.3 is 9.72 Å². The lowest BCUT2D eigenvalue weighted by Crippen LogP contribution is -1.99. The first-order valence-corrected chi connectivity index (χ1v) is 8.58. The number of nitrogens with one attached hydrogen (secondary N) is 1. The number of aryl methyl sites for hydroxylation is 1. The molecule has 2 heterocycles. The molecule has 0 aliphatic carbocycles. The standard InChI is InChI=1S/C22H19FN2O.ClH/c1-15-19(13-16-5-3-2-4-6-16)21-20(25-15)11-12-24-22(21)26-14-17-7-9-18(23)10-8-17;/h2-12,25H,13-14H2,1H3;1H. The fourth-order valence-corrected chi connectivity index (χ4v) is 3.17. The summed E-state index contributed by atoms with van der Waals surface area (Å²) in [7, 11) is 0. The van der Waals surface area contributed by atoms with Gasteiger partial charge >= 0.3 is 0 Å². The molecule has 138 valence electrons. The van der Waals surface area contributed by atoms with Gasteiger partial charge in [0.25, 0.3) is 0 Å². The van der Waals surface area contributed by atoms with Gasteiger partial charge in [0.2, 0.25) is 5.88 Å². The van der Waals surface area contributed by atoms with Gasteiger partial charge in [0.1, 0.15) is 12.4 Å². The van der Waals surface area contributed by atoms with Crippen molar-refractivity contribution < 1.29 is 9.13 Å². The van der Waals surface area contributed by atoms with E-state index in [1.165, 1.54) is 23.3 Å². The zero-order chi connectivity index (χ0) is 17.9. The van der Waals surface area contributed by atoms with E-state index < -0.39 is 0 Å². The van der Waals surface area contributed by atoms with Crippen LogP contribution in [-0.2, 0) is 13.0 Å². The zero-order valence-electron chi connectivity index (χ0n) is 14.9. The van der Waals surface area contributed by atoms with Gasteiger partial charge in [-0.3, -0.25) is 0 Å². The number of nitrogens with zero attached hydrogens (tertiary/aromatic N) is 1. The van der Waals surface area contributed by atoms with Gasteiger partial charge in [-0.25, -0.2) is 9.37 Å². The lowest BCUT2D eigenvalue weighted by atomic mass is 10.0. The van der Waals surface area contributed by atoms with Crippen molar-refractivity contribution in [1.82, 2.24) is 9.97 Å². The van der Waals surface area contributed by atoms with E-state index in [0.717, 1.165) is 28.6 Å². The molecule has 0 unspecified atom stereocenters. The van der Waals surface area contributed by atoms with Crippen LogP contribution in [0.25, 0.3) is 10.9 Å². The molecule has 0 amide bonds. The van der Waals surface area contributed by atoms with Crippen molar-refractivity contribution >= 4 is 23.3 Å². The van der Waals surface area contributed by atoms with Gasteiger partial charge in [0, 0.05) is 18.3 Å². The quantitative estimate of drug-likeness (QED) is 0.487. The van der Waals surface area contributed by atoms with Crippen molar-refractivity contribution in [2.45, 2.75) is 20.0 Å². The number of ether oxygens (including phenoxy) is 1. The van der Waals surface area contributed by atoms with Gasteiger partial charge in [0.05, 0.1) is 10.9 Å². The van der Waals surface area contributed by atoms with Gasteiger partial charge in [-0.15, -0.1) is 12.4 Å². The predicted molar refractivity (Wildman–Crippen MR) is 108 cm³/mol. The molecule has 4 aromatic rings. The minimum Gasteiger partial charge on any atom is -0.472 e. The summed E-state index contributed by atoms with van der Waals surface area (Å²) in [5.41, 5.74) is 5.46. The second-order valence-corrected chi connectivity index (χ2v) is 6.34. The largest absolute Gasteiger partial charge is 0.472 e. The van der Waals surface area contributed by atoms with Crippen LogP contribution in [0.15, 0.2) is 66.9 Å². The fraction of sp³-hybridized carbons (Fsp3) is 0.136. The van der Waals surface area contributed by atoms with Crippen LogP contribution in [-0.4, -0.2) is 9.97 Å². The average molecular weight is 383 g/mol. The smallest absolute Gasteiger partial charge is 0.223 e. The predicted octanol–water partition coefficient (Wildman–Crippen LogP) is 5.60. The van der Waals surface area contributed by atoms with Gasteiger partial charge in [-0.1, -0.05) is 42.5 Å². The summed E-state index contributed by atoms with van der Waals surface area (Å²) in [5.74, 6) is 0.350. The third-order valence-corrected chi connectivity index (χ3v) is 4.51. The first-order chi connectivity index (χ1) is 12.7. The first-order valence-electron chi connectivity index (χ1n) is 8.58. The lowest BCUT2D eigenvalue weighted by molar-refractivity contribution is 0.298. The van der Waals surface area contributed by atoms with Crippen LogP contribution < -0.4 is 4.74 Å². The number of aromatic nitrogens is 2. The highest BCUT2D eigenvalue weighted by Crippen LogP contribution is 2.31. The molecule has 0 saturated carbocycles. The summed E-state index contributed by atoms with van der Waals surface area (Å²) in [5, 5.41) is 1.01. The van der Waals surface area contributed by atoms with Crippen LogP contribution in [0.1, 0.15) is 22.4 Å². The Hall–Kier alpha value is -2.85. The number of aromatic amines is 1. The van der Waals surface area contributed by atoms with E-state index in [4.69, 9.17) is 4.74 Å². The summed E-state index contributed by atoms with van der Waals surface area (Å²) >= 11 is 0. The minimum absolute atomic E-state index is 0. The summed E-state index contributed by atoms with van der Waals surface area (Å²) in [6.45, 7) is 2.42. The molecule has 0 aliphatic heterocycles. The maximum atomic E-state index is 13.1. The maximum Gasteiger partial charge on any atom is 0.223 e. The lowest BCUT2D eigenvalue weighted by Gasteiger charge is -2.09. The molecule has 2 aromatic carbocycles. The van der Waals surface area contributed by atoms with Crippen LogP contribution >= 0.6 is 12.4 Å². The van der Waals surface area contributed by atoms with E-state index in [0.29, 0.717) is 12.5 Å². The van der Waals surface area contributed by atoms with Crippen LogP contribution in [0, 0.1) is 12.7 Å². The summed E-state index contributed by atoms with van der Waals surface area (Å²) in [6, 6.07) is 18.6. The number of benzene rings is 2. The van der Waals surface area contributed by atoms with Crippen molar-refractivity contribution in [2.24, 2.45) is 0 Å². The second-order valence-electron chi connectivity index (χ2n) is 6.34. The monoisotopic (exact) mass is 382 g/mol. The molecule has 0 fully saturated rings. The number of halogens is 2. The van der Waals surface area contributed by atoms with E-state index in [2.05, 4.69) is 29.0 Å². The van der Waals surface area contributed by atoms with Crippen LogP contribution in [0.5, 0.6) is 5.88 Å². The summed E-state index contributed by atoms with van der Waals surface area (Å²) < 4.78 is 19.0. The van der Waals surface area contributed by atoms with Crippen molar-refractivity contribution in [3.63, 3.8) is 0 Å². The number of H-pyrrole nitrogens is 1. The SMILES string of the molecule is Cc1[nH]c2ccnc(OCc3ccc(F)cc3)c2c1Cc1ccccc1.Cl. The molecule has 2 aromatic heterocycles. The van der Waals surface area contributed by atoms with Crippen LogP contribution in [0.4, 0.5) is 4.39 Å². The molecule has 1 N–H and O–H groups in total. The normalized spacial score (nSPS) is 10.6. The number of pyridine rings is 1. The molecule has 0 atom stereocenters. The maximum absolute atomic E-state index is 13.1. The number of hydrogen-bond donors (Lipinski definition) is 1. The highest BCUT2D eigenvalue weighted by Gasteiger charge is 2.15. The molecular weight excluding hydrogens is 363 g/mol. The van der Waals surface area contributed by atoms with Gasteiger partial charge in [0.15, 0.2) is 0 Å². The van der Waals surface area contributed by atoms with Crippen molar-refractivity contribution in [2.75, 3.05) is 0 Å². The first kappa shape index (κ1) is 18.9. The van der Waals surface area contributed by atoms with E-state index in [-0.39, 0.29) is 18.2 Å². The fourth-order valence-electron chi connectivity index (χ4n) is 3.17. The van der Waals surface area contributed by atoms with Crippen molar-refractivity contribution in [3.05, 3.63) is 95.1 Å². The van der Waals surface area contributed by atoms with Gasteiger partial charge in [-0.05, 0) is 41.8 Å². The molecule has 0 aliphatic rings.